The van der Waals surface area contributed by atoms with E-state index in [0.29, 0.717) is 23.9 Å². The third-order valence-corrected chi connectivity index (χ3v) is 4.53. The van der Waals surface area contributed by atoms with E-state index in [9.17, 15) is 0 Å². The fourth-order valence-corrected chi connectivity index (χ4v) is 3.59. The number of hydrogen-bond acceptors (Lipinski definition) is 1. The molecule has 1 heteroatoms. The molecule has 1 aliphatic carbocycles. The van der Waals surface area contributed by atoms with E-state index in [1.165, 1.54) is 29.7 Å². The normalized spacial score (nSPS) is 27.8. The van der Waals surface area contributed by atoms with Crippen LogP contribution in [0, 0.1) is 11.8 Å². The molecule has 2 aliphatic rings. The maximum absolute atomic E-state index is 4.03. The van der Waals surface area contributed by atoms with E-state index in [1.807, 2.05) is 12.2 Å². The Labute approximate surface area is 118 Å². The van der Waals surface area contributed by atoms with Crippen LogP contribution in [0.1, 0.15) is 34.1 Å². The second kappa shape index (κ2) is 5.50. The quantitative estimate of drug-likeness (QED) is 0.662. The van der Waals surface area contributed by atoms with Crippen LogP contribution in [0.25, 0.3) is 0 Å². The SMILES string of the molecule is C=C/C(C1=CC2CC1CN2C(C)C)=C(\C=C)C(C)C. The van der Waals surface area contributed by atoms with E-state index >= 15 is 0 Å². The fraction of sp³-hybridized carbons (Fsp3) is 0.556. The van der Waals surface area contributed by atoms with E-state index in [4.69, 9.17) is 0 Å². The number of nitrogens with zero attached hydrogens (tertiary/aromatic N) is 1. The summed E-state index contributed by atoms with van der Waals surface area (Å²) in [6.45, 7) is 18.3. The average molecular weight is 257 g/mol. The number of fused-ring (bicyclic) bond motifs is 2. The topological polar surface area (TPSA) is 3.24 Å². The summed E-state index contributed by atoms with van der Waals surface area (Å²) in [5.41, 5.74) is 4.19. The van der Waals surface area contributed by atoms with Gasteiger partial charge < -0.3 is 0 Å². The lowest BCUT2D eigenvalue weighted by Gasteiger charge is -2.30. The molecule has 0 aromatic heterocycles. The molecule has 0 aromatic carbocycles. The number of likely N-dealkylation sites (tertiary alicyclic amines) is 1. The first kappa shape index (κ1) is 14.3. The molecule has 2 rings (SSSR count). The van der Waals surface area contributed by atoms with Crippen LogP contribution in [0.5, 0.6) is 0 Å². The molecule has 0 N–H and O–H groups in total. The van der Waals surface area contributed by atoms with Gasteiger partial charge in [0.15, 0.2) is 0 Å². The first-order valence-electron chi connectivity index (χ1n) is 7.46. The van der Waals surface area contributed by atoms with E-state index in [1.54, 1.807) is 0 Å². The van der Waals surface area contributed by atoms with Crippen LogP contribution in [-0.2, 0) is 0 Å². The van der Waals surface area contributed by atoms with Crippen molar-refractivity contribution in [1.29, 1.82) is 0 Å². The number of rotatable bonds is 5. The van der Waals surface area contributed by atoms with Crippen LogP contribution in [0.15, 0.2) is 48.1 Å². The van der Waals surface area contributed by atoms with Gasteiger partial charge in [-0.2, -0.15) is 0 Å². The molecule has 0 saturated carbocycles. The van der Waals surface area contributed by atoms with Crippen molar-refractivity contribution < 1.29 is 0 Å². The van der Waals surface area contributed by atoms with Crippen molar-refractivity contribution in [2.45, 2.75) is 46.2 Å². The van der Waals surface area contributed by atoms with Gasteiger partial charge in [0, 0.05) is 18.6 Å². The first-order valence-corrected chi connectivity index (χ1v) is 7.46. The average Bonchev–Trinajstić information content (AvgIpc) is 2.94. The Kier molecular flexibility index (Phi) is 4.15. The molecule has 2 unspecified atom stereocenters. The van der Waals surface area contributed by atoms with Crippen molar-refractivity contribution in [2.24, 2.45) is 11.8 Å². The van der Waals surface area contributed by atoms with E-state index < -0.39 is 0 Å². The summed E-state index contributed by atoms with van der Waals surface area (Å²) >= 11 is 0. The molecule has 0 aromatic rings. The van der Waals surface area contributed by atoms with Crippen LogP contribution in [0.4, 0.5) is 0 Å². The van der Waals surface area contributed by atoms with Gasteiger partial charge in [0.25, 0.3) is 0 Å². The molecule has 1 nitrogen and oxygen atoms in total. The molecule has 0 amide bonds. The highest BCUT2D eigenvalue weighted by Gasteiger charge is 2.40. The fourth-order valence-electron chi connectivity index (χ4n) is 3.59. The second-order valence-corrected chi connectivity index (χ2v) is 6.34. The highest BCUT2D eigenvalue weighted by molar-refractivity contribution is 5.51. The zero-order valence-corrected chi connectivity index (χ0v) is 12.8. The summed E-state index contributed by atoms with van der Waals surface area (Å²) in [4.78, 5) is 2.61. The van der Waals surface area contributed by atoms with Gasteiger partial charge in [0.1, 0.15) is 0 Å². The van der Waals surface area contributed by atoms with Crippen molar-refractivity contribution in [3.63, 3.8) is 0 Å². The van der Waals surface area contributed by atoms with Gasteiger partial charge in [-0.15, -0.1) is 0 Å². The minimum absolute atomic E-state index is 0.506. The summed E-state index contributed by atoms with van der Waals surface area (Å²) < 4.78 is 0. The van der Waals surface area contributed by atoms with E-state index in [0.717, 1.165) is 0 Å². The van der Waals surface area contributed by atoms with Crippen LogP contribution in [-0.4, -0.2) is 23.5 Å². The largest absolute Gasteiger partial charge is 0.294 e. The molecule has 1 fully saturated rings. The molecule has 0 radical (unpaired) electrons. The summed E-state index contributed by atoms with van der Waals surface area (Å²) in [5.74, 6) is 1.20. The van der Waals surface area contributed by atoms with Gasteiger partial charge in [-0.1, -0.05) is 45.2 Å². The lowest BCUT2D eigenvalue weighted by atomic mass is 9.87. The number of allylic oxidation sites excluding steroid dienone is 4. The van der Waals surface area contributed by atoms with Crippen molar-refractivity contribution >= 4 is 0 Å². The molecule has 1 heterocycles. The molecule has 0 spiro atoms. The Morgan fingerprint density at radius 2 is 1.95 bits per heavy atom. The molecule has 1 saturated heterocycles. The lowest BCUT2D eigenvalue weighted by molar-refractivity contribution is 0.223. The predicted molar refractivity (Wildman–Crippen MR) is 84.1 cm³/mol. The maximum atomic E-state index is 4.03. The molecule has 2 bridgehead atoms. The molecule has 2 atom stereocenters. The van der Waals surface area contributed by atoms with Gasteiger partial charge in [0.2, 0.25) is 0 Å². The van der Waals surface area contributed by atoms with Crippen molar-refractivity contribution in [1.82, 2.24) is 4.90 Å². The Balaban J connectivity index is 2.34. The molecule has 1 aliphatic heterocycles. The van der Waals surface area contributed by atoms with Crippen molar-refractivity contribution in [3.8, 4) is 0 Å². The van der Waals surface area contributed by atoms with Crippen LogP contribution in [0.3, 0.4) is 0 Å². The Morgan fingerprint density at radius 1 is 1.26 bits per heavy atom. The monoisotopic (exact) mass is 257 g/mol. The first-order chi connectivity index (χ1) is 8.99. The molecule has 19 heavy (non-hydrogen) atoms. The zero-order valence-electron chi connectivity index (χ0n) is 12.8. The maximum Gasteiger partial charge on any atom is 0.0293 e. The second-order valence-electron chi connectivity index (χ2n) is 6.34. The smallest absolute Gasteiger partial charge is 0.0293 e. The minimum Gasteiger partial charge on any atom is -0.294 e. The Hall–Kier alpha value is -1.08. The molecule has 104 valence electrons. The lowest BCUT2D eigenvalue weighted by Crippen LogP contribution is -2.36. The Bertz CT molecular complexity index is 437. The third kappa shape index (κ3) is 2.49. The van der Waals surface area contributed by atoms with E-state index in [2.05, 4.69) is 51.8 Å². The van der Waals surface area contributed by atoms with E-state index in [-0.39, 0.29) is 0 Å². The zero-order chi connectivity index (χ0) is 14.2. The summed E-state index contributed by atoms with van der Waals surface area (Å²) in [6, 6.07) is 1.28. The third-order valence-electron chi connectivity index (χ3n) is 4.53. The van der Waals surface area contributed by atoms with Crippen molar-refractivity contribution in [2.75, 3.05) is 6.54 Å². The van der Waals surface area contributed by atoms with Gasteiger partial charge in [-0.25, -0.2) is 0 Å². The van der Waals surface area contributed by atoms with Crippen molar-refractivity contribution in [3.05, 3.63) is 48.1 Å². The molecular formula is C18H27N. The van der Waals surface area contributed by atoms with Crippen LogP contribution >= 0.6 is 0 Å². The van der Waals surface area contributed by atoms with Gasteiger partial charge in [-0.3, -0.25) is 4.90 Å². The van der Waals surface area contributed by atoms with Crippen LogP contribution < -0.4 is 0 Å². The van der Waals surface area contributed by atoms with Gasteiger partial charge in [-0.05, 0) is 48.8 Å². The highest BCUT2D eigenvalue weighted by Crippen LogP contribution is 2.43. The van der Waals surface area contributed by atoms with Crippen LogP contribution in [0.2, 0.25) is 0 Å². The summed E-state index contributed by atoms with van der Waals surface area (Å²) in [6.07, 6.45) is 7.79. The summed E-state index contributed by atoms with van der Waals surface area (Å²) in [7, 11) is 0. The summed E-state index contributed by atoms with van der Waals surface area (Å²) in [5, 5.41) is 0. The standard InChI is InChI=1S/C18H27N/c1-7-16(12(3)4)17(8-2)18-10-15-9-14(18)11-19(15)13(5)6/h7-8,10,12-15H,1-2,9,11H2,3-6H3/b17-16-. The highest BCUT2D eigenvalue weighted by atomic mass is 15.2. The van der Waals surface area contributed by atoms with Gasteiger partial charge in [0.05, 0.1) is 0 Å². The Morgan fingerprint density at radius 3 is 2.32 bits per heavy atom. The number of hydrogen-bond donors (Lipinski definition) is 0. The van der Waals surface area contributed by atoms with Gasteiger partial charge >= 0.3 is 0 Å². The predicted octanol–water partition coefficient (Wildman–Crippen LogP) is 4.35. The minimum atomic E-state index is 0.506. The molecular weight excluding hydrogens is 230 g/mol.